The molecule has 0 saturated heterocycles. The molecular weight excluding hydrogens is 288 g/mol. The highest BCUT2D eigenvalue weighted by Crippen LogP contribution is 2.58. The Hall–Kier alpha value is -0.520. The molecule has 2 rings (SSSR count). The SMILES string of the molecule is C=CC1CC1C1CC(C(C)CCCCCC(C)=C(C)C(C)C)C1C. The summed E-state index contributed by atoms with van der Waals surface area (Å²) < 4.78 is 0. The second-order valence-electron chi connectivity index (χ2n) is 9.42. The molecule has 6 unspecified atom stereocenters. The quantitative estimate of drug-likeness (QED) is 0.285. The summed E-state index contributed by atoms with van der Waals surface area (Å²) in [6, 6.07) is 0. The van der Waals surface area contributed by atoms with E-state index in [1.165, 1.54) is 44.9 Å². The fraction of sp³-hybridized carbons (Fsp3) is 0.833. The second-order valence-corrected chi connectivity index (χ2v) is 9.42. The van der Waals surface area contributed by atoms with Gasteiger partial charge < -0.3 is 0 Å². The lowest BCUT2D eigenvalue weighted by Gasteiger charge is -2.47. The van der Waals surface area contributed by atoms with Crippen molar-refractivity contribution in [2.24, 2.45) is 41.4 Å². The van der Waals surface area contributed by atoms with Crippen molar-refractivity contribution < 1.29 is 0 Å². The van der Waals surface area contributed by atoms with E-state index < -0.39 is 0 Å². The normalized spacial score (nSPS) is 34.5. The summed E-state index contributed by atoms with van der Waals surface area (Å²) in [4.78, 5) is 0. The largest absolute Gasteiger partial charge is 0.103 e. The summed E-state index contributed by atoms with van der Waals surface area (Å²) >= 11 is 0. The molecule has 0 heterocycles. The molecule has 0 N–H and O–H groups in total. The predicted molar refractivity (Wildman–Crippen MR) is 108 cm³/mol. The van der Waals surface area contributed by atoms with Crippen LogP contribution >= 0.6 is 0 Å². The van der Waals surface area contributed by atoms with Gasteiger partial charge >= 0.3 is 0 Å². The van der Waals surface area contributed by atoms with Crippen molar-refractivity contribution in [3.63, 3.8) is 0 Å². The Balaban J connectivity index is 1.59. The highest BCUT2D eigenvalue weighted by molar-refractivity contribution is 5.11. The zero-order chi connectivity index (χ0) is 17.9. The fourth-order valence-electron chi connectivity index (χ4n) is 5.12. The van der Waals surface area contributed by atoms with Crippen LogP contribution in [0.5, 0.6) is 0 Å². The third-order valence-corrected chi connectivity index (χ3v) is 7.62. The Labute approximate surface area is 152 Å². The molecule has 0 aromatic heterocycles. The molecule has 2 aliphatic carbocycles. The number of allylic oxidation sites excluding steroid dienone is 3. The van der Waals surface area contributed by atoms with Crippen molar-refractivity contribution in [1.29, 1.82) is 0 Å². The summed E-state index contributed by atoms with van der Waals surface area (Å²) in [7, 11) is 0. The first-order valence-corrected chi connectivity index (χ1v) is 10.7. The van der Waals surface area contributed by atoms with E-state index in [0.29, 0.717) is 5.92 Å². The van der Waals surface area contributed by atoms with Crippen LogP contribution in [0.1, 0.15) is 86.5 Å². The molecule has 0 aromatic carbocycles. The first-order valence-electron chi connectivity index (χ1n) is 10.7. The summed E-state index contributed by atoms with van der Waals surface area (Å²) in [6.07, 6.45) is 12.1. The van der Waals surface area contributed by atoms with Crippen molar-refractivity contribution in [3.05, 3.63) is 23.8 Å². The second kappa shape index (κ2) is 8.72. The van der Waals surface area contributed by atoms with Crippen LogP contribution in [0.4, 0.5) is 0 Å². The summed E-state index contributed by atoms with van der Waals surface area (Å²) in [5, 5.41) is 0. The zero-order valence-electron chi connectivity index (χ0n) is 17.3. The minimum Gasteiger partial charge on any atom is -0.103 e. The average molecular weight is 331 g/mol. The van der Waals surface area contributed by atoms with Gasteiger partial charge in [0.25, 0.3) is 0 Å². The van der Waals surface area contributed by atoms with Crippen LogP contribution < -0.4 is 0 Å². The van der Waals surface area contributed by atoms with E-state index in [-0.39, 0.29) is 0 Å². The summed E-state index contributed by atoms with van der Waals surface area (Å²) in [6.45, 7) is 18.3. The highest BCUT2D eigenvalue weighted by Gasteiger charge is 2.51. The van der Waals surface area contributed by atoms with Gasteiger partial charge in [-0.25, -0.2) is 0 Å². The van der Waals surface area contributed by atoms with E-state index in [2.05, 4.69) is 54.2 Å². The Kier molecular flexibility index (Phi) is 7.20. The molecule has 6 atom stereocenters. The molecule has 0 aliphatic heterocycles. The molecule has 0 heteroatoms. The number of hydrogen-bond acceptors (Lipinski definition) is 0. The van der Waals surface area contributed by atoms with Crippen LogP contribution in [0.25, 0.3) is 0 Å². The molecule has 0 bridgehead atoms. The van der Waals surface area contributed by atoms with Crippen LogP contribution in [-0.2, 0) is 0 Å². The molecule has 138 valence electrons. The highest BCUT2D eigenvalue weighted by atomic mass is 14.6. The van der Waals surface area contributed by atoms with Gasteiger partial charge in [0.1, 0.15) is 0 Å². The number of hydrogen-bond donors (Lipinski definition) is 0. The number of unbranched alkanes of at least 4 members (excludes halogenated alkanes) is 2. The fourth-order valence-corrected chi connectivity index (χ4v) is 5.12. The first kappa shape index (κ1) is 19.8. The van der Waals surface area contributed by atoms with Crippen LogP contribution in [0.3, 0.4) is 0 Å². The van der Waals surface area contributed by atoms with Crippen molar-refractivity contribution in [3.8, 4) is 0 Å². The Morgan fingerprint density at radius 1 is 1.04 bits per heavy atom. The Morgan fingerprint density at radius 2 is 1.75 bits per heavy atom. The summed E-state index contributed by atoms with van der Waals surface area (Å²) in [5.41, 5.74) is 3.24. The van der Waals surface area contributed by atoms with Gasteiger partial charge in [0.05, 0.1) is 0 Å². The maximum Gasteiger partial charge on any atom is -0.0202 e. The molecule has 0 spiro atoms. The zero-order valence-corrected chi connectivity index (χ0v) is 17.3. The van der Waals surface area contributed by atoms with Gasteiger partial charge in [-0.3, -0.25) is 0 Å². The minimum absolute atomic E-state index is 0.713. The lowest BCUT2D eigenvalue weighted by molar-refractivity contribution is 0.0219. The minimum atomic E-state index is 0.713. The molecular formula is C24H42. The van der Waals surface area contributed by atoms with Crippen LogP contribution in [0, 0.1) is 41.4 Å². The van der Waals surface area contributed by atoms with Gasteiger partial charge in [-0.1, -0.05) is 64.2 Å². The summed E-state index contributed by atoms with van der Waals surface area (Å²) in [5.74, 6) is 6.50. The Morgan fingerprint density at radius 3 is 2.29 bits per heavy atom. The molecule has 0 amide bonds. The van der Waals surface area contributed by atoms with Gasteiger partial charge in [-0.05, 0) is 81.0 Å². The third-order valence-electron chi connectivity index (χ3n) is 7.62. The van der Waals surface area contributed by atoms with Gasteiger partial charge in [-0.2, -0.15) is 0 Å². The van der Waals surface area contributed by atoms with Crippen molar-refractivity contribution in [2.45, 2.75) is 86.5 Å². The van der Waals surface area contributed by atoms with E-state index in [1.54, 1.807) is 11.1 Å². The van der Waals surface area contributed by atoms with E-state index >= 15 is 0 Å². The maximum absolute atomic E-state index is 3.98. The van der Waals surface area contributed by atoms with Crippen LogP contribution in [-0.4, -0.2) is 0 Å². The third kappa shape index (κ3) is 4.77. The smallest absolute Gasteiger partial charge is 0.0202 e. The van der Waals surface area contributed by atoms with E-state index in [0.717, 1.165) is 35.5 Å². The van der Waals surface area contributed by atoms with Gasteiger partial charge in [0, 0.05) is 0 Å². The monoisotopic (exact) mass is 330 g/mol. The molecule has 0 nitrogen and oxygen atoms in total. The van der Waals surface area contributed by atoms with Crippen molar-refractivity contribution in [2.75, 3.05) is 0 Å². The van der Waals surface area contributed by atoms with Crippen LogP contribution in [0.15, 0.2) is 23.8 Å². The van der Waals surface area contributed by atoms with Gasteiger partial charge in [-0.15, -0.1) is 6.58 Å². The Bertz CT molecular complexity index is 441. The van der Waals surface area contributed by atoms with Gasteiger partial charge in [0.2, 0.25) is 0 Å². The molecule has 2 fully saturated rings. The maximum atomic E-state index is 3.98. The van der Waals surface area contributed by atoms with E-state index in [1.807, 2.05) is 0 Å². The molecule has 2 aliphatic rings. The van der Waals surface area contributed by atoms with E-state index in [9.17, 15) is 0 Å². The standard InChI is InChI=1S/C24H42/c1-8-21-14-24(21)23-15-22(20(23)7)18(5)13-11-9-10-12-17(4)19(6)16(2)3/h8,16,18,20-24H,1,9-15H2,2-7H3. The average Bonchev–Trinajstić information content (AvgIpc) is 3.31. The molecule has 0 aromatic rings. The molecule has 0 radical (unpaired) electrons. The van der Waals surface area contributed by atoms with Crippen molar-refractivity contribution >= 4 is 0 Å². The van der Waals surface area contributed by atoms with Crippen LogP contribution in [0.2, 0.25) is 0 Å². The first-order chi connectivity index (χ1) is 11.4. The van der Waals surface area contributed by atoms with E-state index in [4.69, 9.17) is 0 Å². The number of rotatable bonds is 10. The topological polar surface area (TPSA) is 0 Å². The molecule has 2 saturated carbocycles. The predicted octanol–water partition coefficient (Wildman–Crippen LogP) is 7.66. The lowest BCUT2D eigenvalue weighted by Crippen LogP contribution is -2.40. The van der Waals surface area contributed by atoms with Gasteiger partial charge in [0.15, 0.2) is 0 Å². The lowest BCUT2D eigenvalue weighted by atomic mass is 9.58. The molecule has 24 heavy (non-hydrogen) atoms. The van der Waals surface area contributed by atoms with Crippen molar-refractivity contribution in [1.82, 2.24) is 0 Å².